The molecule has 0 bridgehead atoms. The van der Waals surface area contributed by atoms with Crippen LogP contribution in [-0.4, -0.2) is 59.0 Å². The SMILES string of the molecule is COC(=O)C(F)(F)F.O=C(O)CC[n+]1ccc(C(=O)NCC(=O)O)cn1. The second-order valence-electron chi connectivity index (χ2n) is 4.39. The number of hydrogen-bond donors (Lipinski definition) is 3. The summed E-state index contributed by atoms with van der Waals surface area (Å²) in [4.78, 5) is 41.5. The molecule has 0 spiro atoms. The third-order valence-corrected chi connectivity index (χ3v) is 2.41. The number of aryl methyl sites for hydroxylation is 1. The normalized spacial score (nSPS) is 10.2. The predicted molar refractivity (Wildman–Crippen MR) is 74.7 cm³/mol. The summed E-state index contributed by atoms with van der Waals surface area (Å²) in [5, 5.41) is 22.9. The monoisotopic (exact) mass is 382 g/mol. The molecular weight excluding hydrogens is 367 g/mol. The molecule has 1 aromatic heterocycles. The molecule has 0 unspecified atom stereocenters. The number of esters is 1. The number of alkyl halides is 3. The Labute approximate surface area is 144 Å². The van der Waals surface area contributed by atoms with E-state index in [9.17, 15) is 32.3 Å². The summed E-state index contributed by atoms with van der Waals surface area (Å²) in [6.45, 7) is -0.265. The van der Waals surface area contributed by atoms with Crippen LogP contribution >= 0.6 is 0 Å². The molecule has 0 aliphatic heterocycles. The molecule has 0 aromatic carbocycles. The van der Waals surface area contributed by atoms with Crippen LogP contribution in [-0.2, 0) is 25.7 Å². The minimum absolute atomic E-state index is 0.0672. The molecule has 13 heteroatoms. The van der Waals surface area contributed by atoms with Gasteiger partial charge in [-0.25, -0.2) is 4.79 Å². The van der Waals surface area contributed by atoms with E-state index in [2.05, 4.69) is 15.2 Å². The van der Waals surface area contributed by atoms with E-state index < -0.39 is 36.5 Å². The van der Waals surface area contributed by atoms with Crippen LogP contribution in [0.2, 0.25) is 0 Å². The van der Waals surface area contributed by atoms with Crippen molar-refractivity contribution in [3.05, 3.63) is 24.0 Å². The topological polar surface area (TPSA) is 147 Å². The molecule has 0 aliphatic rings. The van der Waals surface area contributed by atoms with Crippen molar-refractivity contribution in [3.8, 4) is 0 Å². The number of hydrogen-bond acceptors (Lipinski definition) is 6. The van der Waals surface area contributed by atoms with Gasteiger partial charge in [-0.2, -0.15) is 13.2 Å². The number of amides is 1. The Morgan fingerprint density at radius 1 is 1.23 bits per heavy atom. The number of ether oxygens (including phenoxy) is 1. The smallest absolute Gasteiger partial charge is 0.481 e. The maximum absolute atomic E-state index is 11.4. The Kier molecular flexibility index (Phi) is 9.26. The summed E-state index contributed by atoms with van der Waals surface area (Å²) in [6.07, 6.45) is -2.21. The van der Waals surface area contributed by atoms with Crippen LogP contribution < -0.4 is 10.00 Å². The minimum Gasteiger partial charge on any atom is -0.481 e. The minimum atomic E-state index is -4.85. The standard InChI is InChI=1S/C10H11N3O5.C3H3F3O2/c14-8(15)2-4-13-3-1-7(5-12-13)10(18)11-6-9(16)17;1-8-2(7)3(4,5)6/h1,3,5H,2,4,6H2,(H2-,11,14,15,16,17,18);1H3/p+1. The van der Waals surface area contributed by atoms with Gasteiger partial charge in [-0.1, -0.05) is 4.68 Å². The van der Waals surface area contributed by atoms with Crippen LogP contribution in [0, 0.1) is 0 Å². The van der Waals surface area contributed by atoms with E-state index in [-0.39, 0.29) is 18.5 Å². The number of rotatable bonds is 6. The fourth-order valence-electron chi connectivity index (χ4n) is 1.23. The fourth-order valence-corrected chi connectivity index (χ4v) is 1.23. The van der Waals surface area contributed by atoms with Gasteiger partial charge in [-0.15, -0.1) is 0 Å². The van der Waals surface area contributed by atoms with Gasteiger partial charge in [0.1, 0.15) is 19.2 Å². The van der Waals surface area contributed by atoms with E-state index >= 15 is 0 Å². The van der Waals surface area contributed by atoms with Crippen molar-refractivity contribution in [1.82, 2.24) is 10.4 Å². The molecule has 0 radical (unpaired) electrons. The Morgan fingerprint density at radius 3 is 2.19 bits per heavy atom. The number of carbonyl (C=O) groups excluding carboxylic acids is 2. The van der Waals surface area contributed by atoms with Crippen molar-refractivity contribution >= 4 is 23.8 Å². The fraction of sp³-hybridized carbons (Fsp3) is 0.385. The predicted octanol–water partition coefficient (Wildman–Crippen LogP) is -0.620. The molecule has 144 valence electrons. The van der Waals surface area contributed by atoms with Crippen molar-refractivity contribution in [2.24, 2.45) is 0 Å². The van der Waals surface area contributed by atoms with Gasteiger partial charge in [0.2, 0.25) is 0 Å². The van der Waals surface area contributed by atoms with E-state index in [4.69, 9.17) is 10.2 Å². The highest BCUT2D eigenvalue weighted by Crippen LogP contribution is 2.15. The van der Waals surface area contributed by atoms with E-state index in [0.717, 1.165) is 0 Å². The van der Waals surface area contributed by atoms with Crippen LogP contribution in [0.15, 0.2) is 18.5 Å². The summed E-state index contributed by atoms with van der Waals surface area (Å²) in [7, 11) is 0.676. The van der Waals surface area contributed by atoms with Gasteiger partial charge in [-0.05, 0) is 5.10 Å². The van der Waals surface area contributed by atoms with Crippen LogP contribution in [0.1, 0.15) is 16.8 Å². The second kappa shape index (κ2) is 10.6. The number of nitrogens with one attached hydrogen (secondary N) is 1. The Bertz CT molecular complexity index is 647. The molecule has 0 saturated heterocycles. The van der Waals surface area contributed by atoms with Crippen LogP contribution in [0.4, 0.5) is 13.2 Å². The number of nitrogens with zero attached hydrogens (tertiary/aromatic N) is 2. The molecule has 0 fully saturated rings. The molecule has 1 aromatic rings. The van der Waals surface area contributed by atoms with Gasteiger partial charge in [0, 0.05) is 6.07 Å². The number of carbonyl (C=O) groups is 4. The van der Waals surface area contributed by atoms with Gasteiger partial charge in [0.25, 0.3) is 5.91 Å². The van der Waals surface area contributed by atoms with Crippen molar-refractivity contribution in [2.45, 2.75) is 19.1 Å². The molecule has 26 heavy (non-hydrogen) atoms. The lowest BCUT2D eigenvalue weighted by Crippen LogP contribution is -2.39. The van der Waals surface area contributed by atoms with Gasteiger partial charge in [0.15, 0.2) is 12.7 Å². The highest BCUT2D eigenvalue weighted by atomic mass is 19.4. The van der Waals surface area contributed by atoms with Gasteiger partial charge < -0.3 is 20.3 Å². The Hall–Kier alpha value is -3.25. The summed E-state index contributed by atoms with van der Waals surface area (Å²) >= 11 is 0. The third kappa shape index (κ3) is 9.79. The highest BCUT2D eigenvalue weighted by molar-refractivity contribution is 5.95. The first-order chi connectivity index (χ1) is 12.0. The Morgan fingerprint density at radius 2 is 1.85 bits per heavy atom. The van der Waals surface area contributed by atoms with Crippen LogP contribution in [0.3, 0.4) is 0 Å². The van der Waals surface area contributed by atoms with E-state index in [1.54, 1.807) is 0 Å². The van der Waals surface area contributed by atoms with Crippen LogP contribution in [0.5, 0.6) is 0 Å². The number of carboxylic acids is 2. The average molecular weight is 382 g/mol. The second-order valence-corrected chi connectivity index (χ2v) is 4.39. The summed E-state index contributed by atoms with van der Waals surface area (Å²) in [6, 6.07) is 1.44. The van der Waals surface area contributed by atoms with Crippen molar-refractivity contribution in [1.29, 1.82) is 0 Å². The van der Waals surface area contributed by atoms with E-state index in [1.807, 2.05) is 0 Å². The maximum Gasteiger partial charge on any atom is 0.490 e. The lowest BCUT2D eigenvalue weighted by atomic mass is 10.3. The first-order valence-electron chi connectivity index (χ1n) is 6.70. The van der Waals surface area contributed by atoms with Crippen molar-refractivity contribution < 1.29 is 52.0 Å². The number of aromatic nitrogens is 2. The molecule has 3 N–H and O–H groups in total. The quantitative estimate of drug-likeness (QED) is 0.436. The lowest BCUT2D eigenvalue weighted by Gasteiger charge is -2.00. The molecule has 1 rings (SSSR count). The number of methoxy groups -OCH3 is 1. The molecule has 0 saturated carbocycles. The summed E-state index contributed by atoms with van der Waals surface area (Å²) in [5.41, 5.74) is 0.211. The largest absolute Gasteiger partial charge is 0.490 e. The Balaban J connectivity index is 0.000000660. The molecule has 10 nitrogen and oxygen atoms in total. The van der Waals surface area contributed by atoms with Gasteiger partial charge in [0.05, 0.1) is 12.7 Å². The average Bonchev–Trinajstić information content (AvgIpc) is 2.57. The summed E-state index contributed by atoms with van der Waals surface area (Å²) < 4.78 is 37.7. The highest BCUT2D eigenvalue weighted by Gasteiger charge is 2.40. The zero-order valence-corrected chi connectivity index (χ0v) is 13.3. The molecule has 0 atom stereocenters. The van der Waals surface area contributed by atoms with Gasteiger partial charge in [-0.3, -0.25) is 14.4 Å². The number of aliphatic carboxylic acids is 2. The zero-order valence-electron chi connectivity index (χ0n) is 13.3. The summed E-state index contributed by atoms with van der Waals surface area (Å²) in [5.74, 6) is -4.79. The zero-order chi connectivity index (χ0) is 20.3. The molecule has 1 amide bonds. The first kappa shape index (κ1) is 22.8. The lowest BCUT2D eigenvalue weighted by molar-refractivity contribution is -0.753. The molecular formula is C13H15F3N3O7+. The number of carboxylic acid groups (broad SMARTS) is 2. The molecule has 1 heterocycles. The van der Waals surface area contributed by atoms with E-state index in [0.29, 0.717) is 7.11 Å². The molecule has 0 aliphatic carbocycles. The van der Waals surface area contributed by atoms with E-state index in [1.165, 1.54) is 23.1 Å². The van der Waals surface area contributed by atoms with Crippen molar-refractivity contribution in [2.75, 3.05) is 13.7 Å². The van der Waals surface area contributed by atoms with Crippen molar-refractivity contribution in [3.63, 3.8) is 0 Å². The van der Waals surface area contributed by atoms with Gasteiger partial charge >= 0.3 is 24.1 Å². The maximum atomic E-state index is 11.4. The number of halogens is 3. The third-order valence-electron chi connectivity index (χ3n) is 2.41. The van der Waals surface area contributed by atoms with Crippen LogP contribution in [0.25, 0.3) is 0 Å². The first-order valence-corrected chi connectivity index (χ1v) is 6.70.